The smallest absolute Gasteiger partial charge is 0.164 e. The second-order valence-corrected chi connectivity index (χ2v) is 5.15. The third kappa shape index (κ3) is 2.50. The zero-order valence-corrected chi connectivity index (χ0v) is 11.6. The number of aliphatic hydroxyl groups excluding tert-OH is 1. The van der Waals surface area contributed by atoms with Crippen LogP contribution in [0.2, 0.25) is 0 Å². The van der Waals surface area contributed by atoms with E-state index in [0.717, 1.165) is 10.0 Å². The van der Waals surface area contributed by atoms with Crippen molar-refractivity contribution in [1.29, 1.82) is 0 Å². The van der Waals surface area contributed by atoms with Gasteiger partial charge in [0.2, 0.25) is 0 Å². The van der Waals surface area contributed by atoms with Crippen molar-refractivity contribution in [2.75, 3.05) is 20.8 Å². The zero-order valence-electron chi connectivity index (χ0n) is 10.0. The van der Waals surface area contributed by atoms with Crippen LogP contribution in [0.3, 0.4) is 0 Å². The molecule has 0 amide bonds. The average molecular weight is 289 g/mol. The maximum atomic E-state index is 9.41. The van der Waals surface area contributed by atoms with Gasteiger partial charge >= 0.3 is 0 Å². The largest absolute Gasteiger partial charge is 0.493 e. The molecule has 0 radical (unpaired) electrons. The molecule has 0 bridgehead atoms. The Labute approximate surface area is 105 Å². The minimum atomic E-state index is -0.373. The van der Waals surface area contributed by atoms with E-state index in [4.69, 9.17) is 9.47 Å². The van der Waals surface area contributed by atoms with Gasteiger partial charge in [-0.3, -0.25) is 0 Å². The van der Waals surface area contributed by atoms with Gasteiger partial charge in [-0.2, -0.15) is 0 Å². The third-order valence-corrected chi connectivity index (χ3v) is 3.03. The highest BCUT2D eigenvalue weighted by molar-refractivity contribution is 9.10. The van der Waals surface area contributed by atoms with Crippen LogP contribution in [-0.4, -0.2) is 25.9 Å². The Morgan fingerprint density at radius 2 is 1.88 bits per heavy atom. The number of aliphatic hydroxyl groups is 1. The van der Waals surface area contributed by atoms with E-state index in [1.165, 1.54) is 0 Å². The topological polar surface area (TPSA) is 38.7 Å². The molecule has 0 heterocycles. The van der Waals surface area contributed by atoms with Crippen LogP contribution < -0.4 is 9.47 Å². The van der Waals surface area contributed by atoms with Crippen molar-refractivity contribution in [3.8, 4) is 11.5 Å². The lowest BCUT2D eigenvalue weighted by Gasteiger charge is -2.26. The Morgan fingerprint density at radius 1 is 1.25 bits per heavy atom. The number of benzene rings is 1. The van der Waals surface area contributed by atoms with Crippen LogP contribution in [0.15, 0.2) is 16.6 Å². The van der Waals surface area contributed by atoms with Crippen molar-refractivity contribution in [2.24, 2.45) is 0 Å². The van der Waals surface area contributed by atoms with Crippen molar-refractivity contribution in [1.82, 2.24) is 0 Å². The van der Waals surface area contributed by atoms with E-state index in [0.29, 0.717) is 11.5 Å². The summed E-state index contributed by atoms with van der Waals surface area (Å²) >= 11 is 3.42. The molecule has 1 rings (SSSR count). The molecule has 0 aliphatic rings. The van der Waals surface area contributed by atoms with Crippen molar-refractivity contribution in [3.05, 3.63) is 22.2 Å². The molecule has 3 nitrogen and oxygen atoms in total. The summed E-state index contributed by atoms with van der Waals surface area (Å²) in [5.74, 6) is 1.33. The van der Waals surface area contributed by atoms with Crippen LogP contribution in [0.5, 0.6) is 11.5 Å². The molecular weight excluding hydrogens is 272 g/mol. The molecule has 0 aromatic heterocycles. The SMILES string of the molecule is COc1cc(Br)cc(C(C)(C)CO)c1OC. The van der Waals surface area contributed by atoms with Crippen molar-refractivity contribution in [3.63, 3.8) is 0 Å². The van der Waals surface area contributed by atoms with E-state index in [2.05, 4.69) is 15.9 Å². The summed E-state index contributed by atoms with van der Waals surface area (Å²) in [6, 6.07) is 3.79. The Bertz CT molecular complexity index is 375. The molecular formula is C12H17BrO3. The van der Waals surface area contributed by atoms with Crippen LogP contribution in [0, 0.1) is 0 Å². The molecule has 1 aromatic carbocycles. The third-order valence-electron chi connectivity index (χ3n) is 2.57. The number of ether oxygens (including phenoxy) is 2. The van der Waals surface area contributed by atoms with Crippen molar-refractivity contribution >= 4 is 15.9 Å². The maximum Gasteiger partial charge on any atom is 0.164 e. The maximum absolute atomic E-state index is 9.41. The molecule has 0 aliphatic carbocycles. The fourth-order valence-electron chi connectivity index (χ4n) is 1.52. The molecule has 0 atom stereocenters. The Kier molecular flexibility index (Phi) is 4.21. The molecule has 1 aromatic rings. The van der Waals surface area contributed by atoms with E-state index in [-0.39, 0.29) is 12.0 Å². The normalized spacial score (nSPS) is 11.4. The Morgan fingerprint density at radius 3 is 2.31 bits per heavy atom. The van der Waals surface area contributed by atoms with Gasteiger partial charge in [-0.25, -0.2) is 0 Å². The summed E-state index contributed by atoms with van der Waals surface area (Å²) in [7, 11) is 3.20. The van der Waals surface area contributed by atoms with Gasteiger partial charge in [0.15, 0.2) is 11.5 Å². The van der Waals surface area contributed by atoms with Crippen LogP contribution in [-0.2, 0) is 5.41 Å². The first kappa shape index (κ1) is 13.3. The second-order valence-electron chi connectivity index (χ2n) is 4.23. The van der Waals surface area contributed by atoms with Gasteiger partial charge in [-0.05, 0) is 12.1 Å². The van der Waals surface area contributed by atoms with Gasteiger partial charge in [0.05, 0.1) is 20.8 Å². The summed E-state index contributed by atoms with van der Waals surface area (Å²) in [5.41, 5.74) is 0.548. The molecule has 0 unspecified atom stereocenters. The van der Waals surface area contributed by atoms with Crippen LogP contribution >= 0.6 is 15.9 Å². The molecule has 4 heteroatoms. The van der Waals surface area contributed by atoms with Crippen LogP contribution in [0.25, 0.3) is 0 Å². The lowest BCUT2D eigenvalue weighted by molar-refractivity contribution is 0.213. The molecule has 0 aliphatic heterocycles. The summed E-state index contributed by atoms with van der Waals surface area (Å²) < 4.78 is 11.5. The monoisotopic (exact) mass is 288 g/mol. The Balaban J connectivity index is 3.42. The van der Waals surface area contributed by atoms with E-state index >= 15 is 0 Å². The lowest BCUT2D eigenvalue weighted by Crippen LogP contribution is -2.23. The number of rotatable bonds is 4. The van der Waals surface area contributed by atoms with E-state index < -0.39 is 0 Å². The quantitative estimate of drug-likeness (QED) is 0.926. The van der Waals surface area contributed by atoms with Gasteiger partial charge in [0.1, 0.15) is 0 Å². The van der Waals surface area contributed by atoms with Crippen LogP contribution in [0.1, 0.15) is 19.4 Å². The molecule has 0 fully saturated rings. The molecule has 0 saturated carbocycles. The lowest BCUT2D eigenvalue weighted by atomic mass is 9.85. The minimum Gasteiger partial charge on any atom is -0.493 e. The van der Waals surface area contributed by atoms with Gasteiger partial charge in [-0.15, -0.1) is 0 Å². The average Bonchev–Trinajstić information content (AvgIpc) is 2.27. The highest BCUT2D eigenvalue weighted by atomic mass is 79.9. The minimum absolute atomic E-state index is 0.0446. The first-order valence-corrected chi connectivity index (χ1v) is 5.78. The first-order valence-electron chi connectivity index (χ1n) is 4.99. The molecule has 16 heavy (non-hydrogen) atoms. The molecule has 0 spiro atoms. The Hall–Kier alpha value is -0.740. The zero-order chi connectivity index (χ0) is 12.3. The molecule has 1 N–H and O–H groups in total. The fourth-order valence-corrected chi connectivity index (χ4v) is 1.96. The van der Waals surface area contributed by atoms with E-state index in [1.54, 1.807) is 14.2 Å². The van der Waals surface area contributed by atoms with Gasteiger partial charge in [0.25, 0.3) is 0 Å². The highest BCUT2D eigenvalue weighted by Crippen LogP contribution is 2.40. The summed E-state index contributed by atoms with van der Waals surface area (Å²) in [6.45, 7) is 3.95. The number of hydrogen-bond donors (Lipinski definition) is 1. The number of halogens is 1. The van der Waals surface area contributed by atoms with Crippen LogP contribution in [0.4, 0.5) is 0 Å². The van der Waals surface area contributed by atoms with Crippen molar-refractivity contribution < 1.29 is 14.6 Å². The highest BCUT2D eigenvalue weighted by Gasteiger charge is 2.26. The first-order chi connectivity index (χ1) is 7.46. The van der Waals surface area contributed by atoms with Gasteiger partial charge in [-0.1, -0.05) is 29.8 Å². The van der Waals surface area contributed by atoms with Crippen molar-refractivity contribution in [2.45, 2.75) is 19.3 Å². The predicted octanol–water partition coefficient (Wildman–Crippen LogP) is 2.74. The molecule has 90 valence electrons. The van der Waals surface area contributed by atoms with Gasteiger partial charge in [0, 0.05) is 15.5 Å². The predicted molar refractivity (Wildman–Crippen MR) is 67.4 cm³/mol. The van der Waals surface area contributed by atoms with E-state index in [1.807, 2.05) is 26.0 Å². The fraction of sp³-hybridized carbons (Fsp3) is 0.500. The summed E-state index contributed by atoms with van der Waals surface area (Å²) in [4.78, 5) is 0. The molecule has 0 saturated heterocycles. The number of methoxy groups -OCH3 is 2. The summed E-state index contributed by atoms with van der Waals surface area (Å²) in [6.07, 6.45) is 0. The van der Waals surface area contributed by atoms with E-state index in [9.17, 15) is 5.11 Å². The standard InChI is InChI=1S/C12H17BrO3/c1-12(2,7-14)9-5-8(13)6-10(15-3)11(9)16-4/h5-6,14H,7H2,1-4H3. The van der Waals surface area contributed by atoms with Gasteiger partial charge < -0.3 is 14.6 Å². The number of hydrogen-bond acceptors (Lipinski definition) is 3. The summed E-state index contributed by atoms with van der Waals surface area (Å²) in [5, 5.41) is 9.41. The second kappa shape index (κ2) is 5.06.